The smallest absolute Gasteiger partial charge is 0.127 e. The van der Waals surface area contributed by atoms with E-state index in [-0.39, 0.29) is 12.1 Å². The Morgan fingerprint density at radius 2 is 1.00 bits per heavy atom. The molecule has 2 unspecified atom stereocenters. The Bertz CT molecular complexity index is 2010. The molecular formula is C42H34Br4N2O. The number of benzene rings is 6. The molecule has 6 aromatic rings. The first-order valence-electron chi connectivity index (χ1n) is 15.7. The minimum absolute atomic E-state index is 0.0720. The molecule has 7 heteroatoms. The van der Waals surface area contributed by atoms with Gasteiger partial charge < -0.3 is 4.74 Å². The van der Waals surface area contributed by atoms with E-state index >= 15 is 0 Å². The van der Waals surface area contributed by atoms with Crippen molar-refractivity contribution in [3.05, 3.63) is 186 Å². The largest absolute Gasteiger partial charge is 0.457 e. The number of aliphatic imine (C=N–C) groups is 2. The van der Waals surface area contributed by atoms with Crippen LogP contribution in [0.3, 0.4) is 0 Å². The zero-order chi connectivity index (χ0) is 34.6. The van der Waals surface area contributed by atoms with Gasteiger partial charge in [0.15, 0.2) is 0 Å². The average Bonchev–Trinajstić information content (AvgIpc) is 3.11. The van der Waals surface area contributed by atoms with Crippen LogP contribution in [-0.4, -0.2) is 12.4 Å². The van der Waals surface area contributed by atoms with Gasteiger partial charge in [-0.15, -0.1) is 0 Å². The van der Waals surface area contributed by atoms with Gasteiger partial charge in [0.05, 0.1) is 12.1 Å². The molecule has 6 aromatic carbocycles. The van der Waals surface area contributed by atoms with E-state index in [1.807, 2.05) is 97.4 Å². The number of hydrogen-bond donors (Lipinski definition) is 0. The SMILES string of the molecule is CC(N=Cc1ccc(Oc2ccccc2)cc1)c1ccc(Br)cc1Br.CC(N=Cc1ccccc1-c1ccccc1)c1ccc(Br)cc1Br. The van der Waals surface area contributed by atoms with E-state index in [1.54, 1.807) is 0 Å². The van der Waals surface area contributed by atoms with Crippen molar-refractivity contribution in [1.82, 2.24) is 0 Å². The van der Waals surface area contributed by atoms with Crippen molar-refractivity contribution in [3.8, 4) is 22.6 Å². The maximum Gasteiger partial charge on any atom is 0.127 e. The van der Waals surface area contributed by atoms with Gasteiger partial charge in [-0.25, -0.2) is 0 Å². The molecule has 0 fully saturated rings. The summed E-state index contributed by atoms with van der Waals surface area (Å²) in [5.41, 5.74) is 6.90. The molecule has 0 spiro atoms. The zero-order valence-corrected chi connectivity index (χ0v) is 33.3. The summed E-state index contributed by atoms with van der Waals surface area (Å²) >= 11 is 14.2. The minimum Gasteiger partial charge on any atom is -0.457 e. The minimum atomic E-state index is 0.0720. The molecule has 3 nitrogen and oxygen atoms in total. The van der Waals surface area contributed by atoms with Crippen LogP contribution in [-0.2, 0) is 0 Å². The molecule has 0 saturated heterocycles. The molecule has 6 rings (SSSR count). The molecule has 49 heavy (non-hydrogen) atoms. The van der Waals surface area contributed by atoms with Crippen molar-refractivity contribution >= 4 is 76.1 Å². The fourth-order valence-electron chi connectivity index (χ4n) is 4.97. The van der Waals surface area contributed by atoms with Crippen molar-refractivity contribution in [2.45, 2.75) is 25.9 Å². The maximum absolute atomic E-state index is 5.80. The van der Waals surface area contributed by atoms with Crippen molar-refractivity contribution in [3.63, 3.8) is 0 Å². The van der Waals surface area contributed by atoms with Gasteiger partial charge in [-0.1, -0.05) is 149 Å². The molecule has 0 aliphatic carbocycles. The third-order valence-corrected chi connectivity index (χ3v) is 9.97. The van der Waals surface area contributed by atoms with E-state index in [0.29, 0.717) is 0 Å². The summed E-state index contributed by atoms with van der Waals surface area (Å²) in [6, 6.07) is 48.9. The third kappa shape index (κ3) is 10.9. The number of nitrogens with zero attached hydrogens (tertiary/aromatic N) is 2. The molecule has 0 bridgehead atoms. The van der Waals surface area contributed by atoms with Crippen LogP contribution in [0.2, 0.25) is 0 Å². The molecule has 2 atom stereocenters. The Kier molecular flexibility index (Phi) is 13.8. The van der Waals surface area contributed by atoms with Crippen LogP contribution in [0.4, 0.5) is 0 Å². The molecule has 0 saturated carbocycles. The summed E-state index contributed by atoms with van der Waals surface area (Å²) < 4.78 is 10.0. The fraction of sp³-hybridized carbons (Fsp3) is 0.0952. The lowest BCUT2D eigenvalue weighted by molar-refractivity contribution is 0.482. The van der Waals surface area contributed by atoms with Crippen LogP contribution in [0.15, 0.2) is 173 Å². The lowest BCUT2D eigenvalue weighted by Gasteiger charge is -2.11. The first kappa shape index (κ1) is 36.7. The molecule has 0 heterocycles. The Hall–Kier alpha value is -3.62. The second kappa shape index (κ2) is 18.4. The molecular weight excluding hydrogens is 868 g/mol. The summed E-state index contributed by atoms with van der Waals surface area (Å²) in [7, 11) is 0. The lowest BCUT2D eigenvalue weighted by atomic mass is 10.0. The lowest BCUT2D eigenvalue weighted by Crippen LogP contribution is -1.94. The normalized spacial score (nSPS) is 12.4. The van der Waals surface area contributed by atoms with E-state index in [9.17, 15) is 0 Å². The van der Waals surface area contributed by atoms with E-state index in [0.717, 1.165) is 46.1 Å². The Labute approximate surface area is 322 Å². The highest BCUT2D eigenvalue weighted by Gasteiger charge is 2.09. The maximum atomic E-state index is 5.80. The number of para-hydroxylation sites is 1. The summed E-state index contributed by atoms with van der Waals surface area (Å²) in [5, 5.41) is 0. The van der Waals surface area contributed by atoms with Crippen molar-refractivity contribution in [1.29, 1.82) is 0 Å². The second-order valence-corrected chi connectivity index (χ2v) is 14.7. The van der Waals surface area contributed by atoms with E-state index < -0.39 is 0 Å². The number of rotatable bonds is 9. The molecule has 0 amide bonds. The molecule has 0 aliphatic rings. The van der Waals surface area contributed by atoms with Crippen molar-refractivity contribution in [2.24, 2.45) is 9.98 Å². The Morgan fingerprint density at radius 3 is 1.57 bits per heavy atom. The molecule has 0 aromatic heterocycles. The van der Waals surface area contributed by atoms with Crippen LogP contribution < -0.4 is 4.74 Å². The summed E-state index contributed by atoms with van der Waals surface area (Å²) in [4.78, 5) is 9.43. The predicted octanol–water partition coefficient (Wildman–Crippen LogP) is 14.2. The second-order valence-electron chi connectivity index (χ2n) is 11.2. The summed E-state index contributed by atoms with van der Waals surface area (Å²) in [6.07, 6.45) is 3.87. The highest BCUT2D eigenvalue weighted by atomic mass is 79.9. The molecule has 0 radical (unpaired) electrons. The van der Waals surface area contributed by atoms with Gasteiger partial charge in [0.1, 0.15) is 11.5 Å². The van der Waals surface area contributed by atoms with Crippen LogP contribution in [0.1, 0.15) is 48.2 Å². The van der Waals surface area contributed by atoms with Gasteiger partial charge in [0.2, 0.25) is 0 Å². The van der Waals surface area contributed by atoms with Crippen LogP contribution >= 0.6 is 63.7 Å². The number of ether oxygens (including phenoxy) is 1. The Morgan fingerprint density at radius 1 is 0.510 bits per heavy atom. The van der Waals surface area contributed by atoms with Crippen molar-refractivity contribution in [2.75, 3.05) is 0 Å². The number of hydrogen-bond acceptors (Lipinski definition) is 3. The van der Waals surface area contributed by atoms with Crippen LogP contribution in [0.5, 0.6) is 11.5 Å². The van der Waals surface area contributed by atoms with Crippen LogP contribution in [0.25, 0.3) is 11.1 Å². The monoisotopic (exact) mass is 898 g/mol. The highest BCUT2D eigenvalue weighted by molar-refractivity contribution is 9.11. The van der Waals surface area contributed by atoms with Gasteiger partial charge in [0.25, 0.3) is 0 Å². The average molecular weight is 902 g/mol. The molecule has 0 aliphatic heterocycles. The number of halogens is 4. The standard InChI is InChI=1S/C21H17Br2NO.C21H17Br2N/c1-15(20-12-9-17(22)13-21(20)23)24-14-16-7-10-19(11-8-16)25-18-5-3-2-4-6-18;1-15(19-12-11-18(22)13-21(19)23)24-14-17-9-5-6-10-20(17)16-7-3-2-4-8-16/h2-15H,1H3;2-15H,1H3. The van der Waals surface area contributed by atoms with Gasteiger partial charge in [-0.3, -0.25) is 9.98 Å². The Balaban J connectivity index is 0.000000191. The summed E-state index contributed by atoms with van der Waals surface area (Å²) in [6.45, 7) is 4.19. The quantitative estimate of drug-likeness (QED) is 0.133. The van der Waals surface area contributed by atoms with Gasteiger partial charge in [0, 0.05) is 35.9 Å². The van der Waals surface area contributed by atoms with Gasteiger partial charge in [-0.05, 0) is 102 Å². The predicted molar refractivity (Wildman–Crippen MR) is 221 cm³/mol. The van der Waals surface area contributed by atoms with E-state index in [1.165, 1.54) is 16.7 Å². The first-order valence-corrected chi connectivity index (χ1v) is 18.9. The van der Waals surface area contributed by atoms with Gasteiger partial charge >= 0.3 is 0 Å². The third-order valence-electron chi connectivity index (χ3n) is 7.61. The van der Waals surface area contributed by atoms with Crippen LogP contribution in [0, 0.1) is 0 Å². The van der Waals surface area contributed by atoms with Gasteiger partial charge in [-0.2, -0.15) is 0 Å². The fourth-order valence-corrected chi connectivity index (χ4v) is 7.72. The zero-order valence-electron chi connectivity index (χ0n) is 27.0. The van der Waals surface area contributed by atoms with E-state index in [4.69, 9.17) is 9.73 Å². The first-order chi connectivity index (χ1) is 23.8. The molecule has 246 valence electrons. The summed E-state index contributed by atoms with van der Waals surface area (Å²) in [5.74, 6) is 1.64. The van der Waals surface area contributed by atoms with Crippen molar-refractivity contribution < 1.29 is 4.74 Å². The topological polar surface area (TPSA) is 34.0 Å². The highest BCUT2D eigenvalue weighted by Crippen LogP contribution is 2.30. The van der Waals surface area contributed by atoms with E-state index in [2.05, 4.69) is 143 Å². The molecule has 0 N–H and O–H groups in total.